The van der Waals surface area contributed by atoms with Gasteiger partial charge < -0.3 is 19.4 Å². The van der Waals surface area contributed by atoms with Crippen LogP contribution >= 0.6 is 0 Å². The third kappa shape index (κ3) is 6.18. The zero-order valence-corrected chi connectivity index (χ0v) is 21.8. The fourth-order valence-corrected chi connectivity index (χ4v) is 4.83. The molecule has 3 amide bonds. The number of ether oxygens (including phenoxy) is 1. The molecule has 0 N–H and O–H groups in total. The Labute approximate surface area is 217 Å². The van der Waals surface area contributed by atoms with E-state index in [2.05, 4.69) is 5.10 Å². The van der Waals surface area contributed by atoms with Crippen molar-refractivity contribution < 1.29 is 23.9 Å². The van der Waals surface area contributed by atoms with Crippen molar-refractivity contribution in [2.24, 2.45) is 5.92 Å². The molecule has 1 atom stereocenters. The fourth-order valence-electron chi connectivity index (χ4n) is 4.83. The highest BCUT2D eigenvalue weighted by atomic mass is 16.5. The molecular weight excluding hydrogens is 474 g/mol. The van der Waals surface area contributed by atoms with Crippen molar-refractivity contribution in [1.82, 2.24) is 24.5 Å². The van der Waals surface area contributed by atoms with E-state index in [9.17, 15) is 19.2 Å². The number of aryl methyl sites for hydroxylation is 2. The summed E-state index contributed by atoms with van der Waals surface area (Å²) in [7, 11) is 1.54. The number of likely N-dealkylation sites (N-methyl/N-ethyl adjacent to an activating group) is 1. The lowest BCUT2D eigenvalue weighted by Gasteiger charge is -2.32. The van der Waals surface area contributed by atoms with Gasteiger partial charge >= 0.3 is 5.97 Å². The molecule has 0 unspecified atom stereocenters. The largest absolute Gasteiger partial charge is 0.466 e. The van der Waals surface area contributed by atoms with Crippen molar-refractivity contribution in [3.63, 3.8) is 0 Å². The standard InChI is InChI=1S/C27H35N5O5/c1-4-37-27(36)21-7-5-12-30(17-21)24(33)18-29(3)25(34)22-15-23-26(35)31(13-6-14-32(23)28-22)16-20-10-8-19(2)9-11-20/h8-11,15,21H,4-7,12-14,16-18H2,1-3H3/t21-/m0/s1. The molecule has 0 aliphatic carbocycles. The Balaban J connectivity index is 1.39. The van der Waals surface area contributed by atoms with Crippen molar-refractivity contribution in [1.29, 1.82) is 0 Å². The van der Waals surface area contributed by atoms with Gasteiger partial charge in [-0.1, -0.05) is 29.8 Å². The summed E-state index contributed by atoms with van der Waals surface area (Å²) >= 11 is 0. The van der Waals surface area contributed by atoms with Crippen molar-refractivity contribution in [3.05, 3.63) is 52.8 Å². The maximum Gasteiger partial charge on any atom is 0.310 e. The van der Waals surface area contributed by atoms with E-state index in [1.54, 1.807) is 28.5 Å². The maximum atomic E-state index is 13.3. The van der Waals surface area contributed by atoms with Gasteiger partial charge in [0.1, 0.15) is 5.69 Å². The van der Waals surface area contributed by atoms with E-state index in [-0.39, 0.29) is 35.9 Å². The summed E-state index contributed by atoms with van der Waals surface area (Å²) in [6, 6.07) is 9.61. The molecule has 4 rings (SSSR count). The lowest BCUT2D eigenvalue weighted by molar-refractivity contribution is -0.151. The number of esters is 1. The number of likely N-dealkylation sites (tertiary alicyclic amines) is 1. The first kappa shape index (κ1) is 26.4. The predicted octanol–water partition coefficient (Wildman–Crippen LogP) is 2.11. The molecule has 1 fully saturated rings. The zero-order valence-electron chi connectivity index (χ0n) is 21.8. The third-order valence-corrected chi connectivity index (χ3v) is 6.91. The molecule has 0 saturated carbocycles. The van der Waals surface area contributed by atoms with Crippen molar-refractivity contribution >= 4 is 23.7 Å². The van der Waals surface area contributed by atoms with Crippen LogP contribution in [0, 0.1) is 12.8 Å². The number of hydrogen-bond acceptors (Lipinski definition) is 6. The number of aromatic nitrogens is 2. The Hall–Kier alpha value is -3.69. The summed E-state index contributed by atoms with van der Waals surface area (Å²) < 4.78 is 6.70. The molecule has 0 radical (unpaired) electrons. The first-order valence-electron chi connectivity index (χ1n) is 12.9. The molecule has 10 heteroatoms. The highest BCUT2D eigenvalue weighted by molar-refractivity contribution is 5.99. The molecule has 3 heterocycles. The first-order valence-corrected chi connectivity index (χ1v) is 12.9. The monoisotopic (exact) mass is 509 g/mol. The second-order valence-electron chi connectivity index (χ2n) is 9.80. The van der Waals surface area contributed by atoms with Crippen LogP contribution in [0.3, 0.4) is 0 Å². The van der Waals surface area contributed by atoms with Gasteiger partial charge in [0.15, 0.2) is 5.69 Å². The van der Waals surface area contributed by atoms with E-state index in [0.717, 1.165) is 17.5 Å². The Bertz CT molecular complexity index is 1160. The van der Waals surface area contributed by atoms with E-state index in [0.29, 0.717) is 57.9 Å². The average molecular weight is 510 g/mol. The summed E-state index contributed by atoms with van der Waals surface area (Å²) in [6.07, 6.45) is 2.12. The molecule has 10 nitrogen and oxygen atoms in total. The normalized spacial score (nSPS) is 17.7. The van der Waals surface area contributed by atoms with E-state index in [4.69, 9.17) is 4.74 Å². The number of piperidine rings is 1. The number of nitrogens with zero attached hydrogens (tertiary/aromatic N) is 5. The summed E-state index contributed by atoms with van der Waals surface area (Å²) in [5, 5.41) is 4.40. The lowest BCUT2D eigenvalue weighted by Crippen LogP contribution is -2.47. The molecular formula is C27H35N5O5. The molecule has 1 saturated heterocycles. The van der Waals surface area contributed by atoms with Crippen LogP contribution < -0.4 is 0 Å². The van der Waals surface area contributed by atoms with Crippen LogP contribution in [0.4, 0.5) is 0 Å². The molecule has 2 aliphatic rings. The third-order valence-electron chi connectivity index (χ3n) is 6.91. The van der Waals surface area contributed by atoms with E-state index in [1.807, 2.05) is 31.2 Å². The van der Waals surface area contributed by atoms with Crippen LogP contribution in [-0.4, -0.2) is 88.0 Å². The van der Waals surface area contributed by atoms with Gasteiger partial charge in [0.05, 0.1) is 19.1 Å². The Morgan fingerprint density at radius 3 is 2.59 bits per heavy atom. The quantitative estimate of drug-likeness (QED) is 0.530. The van der Waals surface area contributed by atoms with E-state index < -0.39 is 5.91 Å². The predicted molar refractivity (Wildman–Crippen MR) is 136 cm³/mol. The summed E-state index contributed by atoms with van der Waals surface area (Å²) in [5.41, 5.74) is 2.72. The van der Waals surface area contributed by atoms with Gasteiger partial charge in [0.25, 0.3) is 11.8 Å². The van der Waals surface area contributed by atoms with Gasteiger partial charge in [-0.15, -0.1) is 0 Å². The number of amides is 3. The molecule has 198 valence electrons. The molecule has 1 aromatic heterocycles. The highest BCUT2D eigenvalue weighted by Crippen LogP contribution is 2.20. The van der Waals surface area contributed by atoms with Crippen molar-refractivity contribution in [2.45, 2.75) is 46.2 Å². The second-order valence-corrected chi connectivity index (χ2v) is 9.80. The van der Waals surface area contributed by atoms with E-state index >= 15 is 0 Å². The Morgan fingerprint density at radius 1 is 1.11 bits per heavy atom. The molecule has 2 aliphatic heterocycles. The highest BCUT2D eigenvalue weighted by Gasteiger charge is 2.31. The van der Waals surface area contributed by atoms with Gasteiger partial charge in [-0.2, -0.15) is 5.10 Å². The number of carbonyl (C=O) groups is 4. The first-order chi connectivity index (χ1) is 17.8. The van der Waals surface area contributed by atoms with Crippen LogP contribution in [0.2, 0.25) is 0 Å². The van der Waals surface area contributed by atoms with E-state index in [1.165, 1.54) is 11.0 Å². The fraction of sp³-hybridized carbons (Fsp3) is 0.519. The number of benzene rings is 1. The van der Waals surface area contributed by atoms with Gasteiger partial charge in [-0.05, 0) is 38.7 Å². The number of hydrogen-bond donors (Lipinski definition) is 0. The van der Waals surface area contributed by atoms with Crippen LogP contribution in [0.5, 0.6) is 0 Å². The van der Waals surface area contributed by atoms with Crippen LogP contribution in [0.1, 0.15) is 58.3 Å². The minimum Gasteiger partial charge on any atom is -0.466 e. The Kier molecular flexibility index (Phi) is 8.25. The molecule has 1 aromatic carbocycles. The number of carbonyl (C=O) groups excluding carboxylic acids is 4. The van der Waals surface area contributed by atoms with Gasteiger partial charge in [-0.3, -0.25) is 23.9 Å². The average Bonchev–Trinajstić information content (AvgIpc) is 3.26. The number of rotatable bonds is 7. The SMILES string of the molecule is CCOC(=O)[C@H]1CCCN(C(=O)CN(C)C(=O)c2cc3n(n2)CCCN(Cc2ccc(C)cc2)C3=O)C1. The number of fused-ring (bicyclic) bond motifs is 1. The maximum absolute atomic E-state index is 13.3. The van der Waals surface area contributed by atoms with Crippen LogP contribution in [0.15, 0.2) is 30.3 Å². The molecule has 0 spiro atoms. The van der Waals surface area contributed by atoms with Gasteiger partial charge in [0.2, 0.25) is 5.91 Å². The lowest BCUT2D eigenvalue weighted by atomic mass is 9.98. The molecule has 0 bridgehead atoms. The van der Waals surface area contributed by atoms with Gasteiger partial charge in [-0.25, -0.2) is 0 Å². The second kappa shape index (κ2) is 11.6. The zero-order chi connectivity index (χ0) is 26.5. The summed E-state index contributed by atoms with van der Waals surface area (Å²) in [6.45, 7) is 6.42. The summed E-state index contributed by atoms with van der Waals surface area (Å²) in [5.74, 6) is -1.44. The van der Waals surface area contributed by atoms with Crippen molar-refractivity contribution in [3.8, 4) is 0 Å². The molecule has 37 heavy (non-hydrogen) atoms. The van der Waals surface area contributed by atoms with Crippen LogP contribution in [-0.2, 0) is 27.4 Å². The van der Waals surface area contributed by atoms with Gasteiger partial charge in [0, 0.05) is 45.8 Å². The minimum atomic E-state index is -0.425. The topological polar surface area (TPSA) is 105 Å². The summed E-state index contributed by atoms with van der Waals surface area (Å²) in [4.78, 5) is 56.1. The smallest absolute Gasteiger partial charge is 0.310 e. The van der Waals surface area contributed by atoms with Crippen molar-refractivity contribution in [2.75, 3.05) is 39.8 Å². The van der Waals surface area contributed by atoms with Crippen LogP contribution in [0.25, 0.3) is 0 Å². The molecule has 2 aromatic rings. The minimum absolute atomic E-state index is 0.135. The Morgan fingerprint density at radius 2 is 1.86 bits per heavy atom.